The number of nitrogens with zero attached hydrogens (tertiary/aromatic N) is 2. The molecule has 0 bridgehead atoms. The summed E-state index contributed by atoms with van der Waals surface area (Å²) in [6, 6.07) is 0.601. The summed E-state index contributed by atoms with van der Waals surface area (Å²) in [5, 5.41) is 6.59. The lowest BCUT2D eigenvalue weighted by molar-refractivity contribution is 0.240. The van der Waals surface area contributed by atoms with Crippen LogP contribution in [0, 0.1) is 0 Å². The van der Waals surface area contributed by atoms with Crippen LogP contribution in [-0.4, -0.2) is 35.6 Å². The summed E-state index contributed by atoms with van der Waals surface area (Å²) >= 11 is 1.69. The second-order valence-electron chi connectivity index (χ2n) is 4.84. The molecule has 1 N–H and O–H groups in total. The molecule has 94 valence electrons. The number of hydrogen-bond acceptors (Lipinski definition) is 4. The second kappa shape index (κ2) is 6.17. The SMILES string of the molecule is CC(C)=CCN1CCC(Nc2nccs2)CC1. The van der Waals surface area contributed by atoms with Crippen LogP contribution in [0.25, 0.3) is 0 Å². The lowest BCUT2D eigenvalue weighted by Crippen LogP contribution is -2.39. The van der Waals surface area contributed by atoms with Gasteiger partial charge in [0.2, 0.25) is 0 Å². The maximum Gasteiger partial charge on any atom is 0.182 e. The van der Waals surface area contributed by atoms with Crippen molar-refractivity contribution in [2.45, 2.75) is 32.7 Å². The molecule has 17 heavy (non-hydrogen) atoms. The zero-order chi connectivity index (χ0) is 12.1. The molecule has 1 saturated heterocycles. The monoisotopic (exact) mass is 251 g/mol. The first-order valence-corrected chi connectivity index (χ1v) is 7.14. The van der Waals surface area contributed by atoms with Gasteiger partial charge in [0.15, 0.2) is 5.13 Å². The summed E-state index contributed by atoms with van der Waals surface area (Å²) in [6.07, 6.45) is 6.61. The van der Waals surface area contributed by atoms with Gasteiger partial charge in [0.05, 0.1) is 0 Å². The van der Waals surface area contributed by atoms with Crippen molar-refractivity contribution in [3.8, 4) is 0 Å². The molecular formula is C13H21N3S. The third-order valence-corrected chi connectivity index (χ3v) is 3.81. The van der Waals surface area contributed by atoms with Gasteiger partial charge in [-0.05, 0) is 26.7 Å². The zero-order valence-corrected chi connectivity index (χ0v) is 11.5. The lowest BCUT2D eigenvalue weighted by atomic mass is 10.1. The van der Waals surface area contributed by atoms with Crippen molar-refractivity contribution >= 4 is 16.5 Å². The standard InChI is InChI=1S/C13H21N3S/c1-11(2)3-7-16-8-4-12(5-9-16)15-13-14-6-10-17-13/h3,6,10,12H,4-5,7-9H2,1-2H3,(H,14,15). The average Bonchev–Trinajstić information content (AvgIpc) is 2.81. The van der Waals surface area contributed by atoms with Crippen molar-refractivity contribution in [1.82, 2.24) is 9.88 Å². The van der Waals surface area contributed by atoms with Gasteiger partial charge in [-0.2, -0.15) is 0 Å². The predicted molar refractivity (Wildman–Crippen MR) is 74.6 cm³/mol. The minimum atomic E-state index is 0.601. The van der Waals surface area contributed by atoms with Gasteiger partial charge in [0.1, 0.15) is 0 Å². The predicted octanol–water partition coefficient (Wildman–Crippen LogP) is 2.99. The van der Waals surface area contributed by atoms with Gasteiger partial charge in [0, 0.05) is 37.3 Å². The molecule has 0 saturated carbocycles. The van der Waals surface area contributed by atoms with Gasteiger partial charge < -0.3 is 5.32 Å². The fourth-order valence-electron chi connectivity index (χ4n) is 2.04. The molecule has 3 nitrogen and oxygen atoms in total. The molecule has 0 spiro atoms. The van der Waals surface area contributed by atoms with Crippen LogP contribution < -0.4 is 5.32 Å². The van der Waals surface area contributed by atoms with Gasteiger partial charge in [-0.1, -0.05) is 11.6 Å². The lowest BCUT2D eigenvalue weighted by Gasteiger charge is -2.31. The zero-order valence-electron chi connectivity index (χ0n) is 10.6. The minimum Gasteiger partial charge on any atom is -0.359 e. The summed E-state index contributed by atoms with van der Waals surface area (Å²) in [6.45, 7) is 7.81. The summed E-state index contributed by atoms with van der Waals surface area (Å²) in [4.78, 5) is 6.79. The topological polar surface area (TPSA) is 28.2 Å². The third-order valence-electron chi connectivity index (χ3n) is 3.11. The molecule has 1 aliphatic heterocycles. The highest BCUT2D eigenvalue weighted by Crippen LogP contribution is 2.18. The Hall–Kier alpha value is -0.870. The average molecular weight is 251 g/mol. The molecule has 0 aliphatic carbocycles. The van der Waals surface area contributed by atoms with E-state index in [1.165, 1.54) is 31.5 Å². The van der Waals surface area contributed by atoms with Gasteiger partial charge in [-0.15, -0.1) is 11.3 Å². The maximum atomic E-state index is 4.27. The van der Waals surface area contributed by atoms with E-state index in [0.717, 1.165) is 11.7 Å². The molecule has 4 heteroatoms. The third kappa shape index (κ3) is 4.13. The van der Waals surface area contributed by atoms with Crippen LogP contribution in [-0.2, 0) is 0 Å². The highest BCUT2D eigenvalue weighted by Gasteiger charge is 2.18. The number of rotatable bonds is 4. The van der Waals surface area contributed by atoms with Crippen LogP contribution in [0.4, 0.5) is 5.13 Å². The summed E-state index contributed by atoms with van der Waals surface area (Å²) in [5.74, 6) is 0. The Morgan fingerprint density at radius 2 is 2.29 bits per heavy atom. The van der Waals surface area contributed by atoms with E-state index in [1.54, 1.807) is 11.3 Å². The van der Waals surface area contributed by atoms with E-state index in [-0.39, 0.29) is 0 Å². The summed E-state index contributed by atoms with van der Waals surface area (Å²) in [7, 11) is 0. The molecule has 0 aromatic carbocycles. The number of aromatic nitrogens is 1. The molecule has 1 aliphatic rings. The number of allylic oxidation sites excluding steroid dienone is 1. The van der Waals surface area contributed by atoms with E-state index in [0.29, 0.717) is 6.04 Å². The Kier molecular flexibility index (Phi) is 4.57. The number of piperidine rings is 1. The normalized spacial score (nSPS) is 18.0. The molecule has 0 radical (unpaired) electrons. The fourth-order valence-corrected chi connectivity index (χ4v) is 2.65. The molecule has 0 atom stereocenters. The van der Waals surface area contributed by atoms with Crippen molar-refractivity contribution in [3.05, 3.63) is 23.2 Å². The molecule has 1 aromatic heterocycles. The quantitative estimate of drug-likeness (QED) is 0.834. The Balaban J connectivity index is 1.72. The second-order valence-corrected chi connectivity index (χ2v) is 5.73. The van der Waals surface area contributed by atoms with E-state index >= 15 is 0 Å². The van der Waals surface area contributed by atoms with E-state index in [9.17, 15) is 0 Å². The van der Waals surface area contributed by atoms with Crippen LogP contribution in [0.5, 0.6) is 0 Å². The minimum absolute atomic E-state index is 0.601. The maximum absolute atomic E-state index is 4.27. The van der Waals surface area contributed by atoms with Crippen LogP contribution in [0.2, 0.25) is 0 Å². The van der Waals surface area contributed by atoms with E-state index < -0.39 is 0 Å². The van der Waals surface area contributed by atoms with Gasteiger partial charge >= 0.3 is 0 Å². The molecule has 0 amide bonds. The molecule has 2 rings (SSSR count). The van der Waals surface area contributed by atoms with E-state index in [1.807, 2.05) is 11.6 Å². The molecule has 1 fully saturated rings. The van der Waals surface area contributed by atoms with Crippen LogP contribution in [0.15, 0.2) is 23.2 Å². The highest BCUT2D eigenvalue weighted by molar-refractivity contribution is 7.13. The van der Waals surface area contributed by atoms with Crippen molar-refractivity contribution in [1.29, 1.82) is 0 Å². The Labute approximate surface area is 108 Å². The number of nitrogens with one attached hydrogen (secondary N) is 1. The van der Waals surface area contributed by atoms with Crippen molar-refractivity contribution in [2.24, 2.45) is 0 Å². The first-order valence-electron chi connectivity index (χ1n) is 6.26. The number of anilines is 1. The molecule has 1 aromatic rings. The highest BCUT2D eigenvalue weighted by atomic mass is 32.1. The van der Waals surface area contributed by atoms with Gasteiger partial charge in [-0.3, -0.25) is 4.90 Å². The number of hydrogen-bond donors (Lipinski definition) is 1. The van der Waals surface area contributed by atoms with Gasteiger partial charge in [0.25, 0.3) is 0 Å². The first kappa shape index (κ1) is 12.6. The fraction of sp³-hybridized carbons (Fsp3) is 0.615. The van der Waals surface area contributed by atoms with Crippen LogP contribution in [0.1, 0.15) is 26.7 Å². The Morgan fingerprint density at radius 3 is 2.88 bits per heavy atom. The molecule has 2 heterocycles. The van der Waals surface area contributed by atoms with Crippen LogP contribution >= 0.6 is 11.3 Å². The van der Waals surface area contributed by atoms with Crippen molar-refractivity contribution in [3.63, 3.8) is 0 Å². The molecule has 0 unspecified atom stereocenters. The molecular weight excluding hydrogens is 230 g/mol. The van der Waals surface area contributed by atoms with Crippen molar-refractivity contribution < 1.29 is 0 Å². The largest absolute Gasteiger partial charge is 0.359 e. The van der Waals surface area contributed by atoms with E-state index in [2.05, 4.69) is 35.1 Å². The smallest absolute Gasteiger partial charge is 0.182 e. The summed E-state index contributed by atoms with van der Waals surface area (Å²) < 4.78 is 0. The van der Waals surface area contributed by atoms with Crippen LogP contribution in [0.3, 0.4) is 0 Å². The summed E-state index contributed by atoms with van der Waals surface area (Å²) in [5.41, 5.74) is 1.41. The van der Waals surface area contributed by atoms with E-state index in [4.69, 9.17) is 0 Å². The Bertz CT molecular complexity index is 347. The van der Waals surface area contributed by atoms with Crippen molar-refractivity contribution in [2.75, 3.05) is 25.0 Å². The van der Waals surface area contributed by atoms with Gasteiger partial charge in [-0.25, -0.2) is 4.98 Å². The number of thiazole rings is 1. The number of likely N-dealkylation sites (tertiary alicyclic amines) is 1. The Morgan fingerprint density at radius 1 is 1.53 bits per heavy atom. The first-order chi connectivity index (χ1) is 8.24.